The van der Waals surface area contributed by atoms with E-state index < -0.39 is 0 Å². The van der Waals surface area contributed by atoms with Crippen LogP contribution in [-0.4, -0.2) is 47.6 Å². The number of piperidine rings is 1. The minimum Gasteiger partial charge on any atom is -0.450 e. The van der Waals surface area contributed by atoms with Crippen molar-refractivity contribution >= 4 is 34.5 Å². The zero-order valence-corrected chi connectivity index (χ0v) is 15.7. The number of rotatable bonds is 3. The fraction of sp³-hybridized carbons (Fsp3) is 0.421. The van der Waals surface area contributed by atoms with Gasteiger partial charge in [-0.1, -0.05) is 11.6 Å². The van der Waals surface area contributed by atoms with Gasteiger partial charge in [-0.25, -0.2) is 4.79 Å². The molecule has 1 fully saturated rings. The zero-order chi connectivity index (χ0) is 18.7. The van der Waals surface area contributed by atoms with Crippen molar-refractivity contribution in [2.24, 2.45) is 0 Å². The Kier molecular flexibility index (Phi) is 5.61. The third-order valence-electron chi connectivity index (χ3n) is 4.57. The van der Waals surface area contributed by atoms with Gasteiger partial charge in [-0.15, -0.1) is 0 Å². The van der Waals surface area contributed by atoms with Crippen molar-refractivity contribution in [3.05, 3.63) is 40.5 Å². The quantitative estimate of drug-likeness (QED) is 0.890. The van der Waals surface area contributed by atoms with Crippen molar-refractivity contribution in [1.82, 2.24) is 15.2 Å². The lowest BCUT2D eigenvalue weighted by Gasteiger charge is -2.31. The van der Waals surface area contributed by atoms with Crippen LogP contribution in [0.5, 0.6) is 0 Å². The molecule has 1 N–H and O–H groups in total. The first-order chi connectivity index (χ1) is 12.5. The Morgan fingerprint density at radius 2 is 2.04 bits per heavy atom. The molecule has 0 bridgehead atoms. The summed E-state index contributed by atoms with van der Waals surface area (Å²) in [6.07, 6.45) is 1.12. The van der Waals surface area contributed by atoms with Crippen LogP contribution in [0.1, 0.15) is 35.8 Å². The number of aryl methyl sites for hydroxylation is 1. The molecule has 0 spiro atoms. The summed E-state index contributed by atoms with van der Waals surface area (Å²) in [6, 6.07) is 7.29. The Bertz CT molecular complexity index is 832. The van der Waals surface area contributed by atoms with Crippen LogP contribution in [-0.2, 0) is 4.74 Å². The molecule has 6 nitrogen and oxygen atoms in total. The largest absolute Gasteiger partial charge is 0.450 e. The SMILES string of the molecule is CCOC(=O)N1CCC(NC(=O)c2cc3cc(Cl)ccc3nc2C)CC1. The number of likely N-dealkylation sites (tertiary alicyclic amines) is 1. The number of carbonyl (C=O) groups excluding carboxylic acids is 2. The Hall–Kier alpha value is -2.34. The summed E-state index contributed by atoms with van der Waals surface area (Å²) in [7, 11) is 0. The summed E-state index contributed by atoms with van der Waals surface area (Å²) in [5.74, 6) is -0.147. The van der Waals surface area contributed by atoms with E-state index in [9.17, 15) is 9.59 Å². The number of pyridine rings is 1. The molecule has 0 unspecified atom stereocenters. The van der Waals surface area contributed by atoms with Gasteiger partial charge in [-0.3, -0.25) is 9.78 Å². The number of hydrogen-bond donors (Lipinski definition) is 1. The van der Waals surface area contributed by atoms with Gasteiger partial charge in [0.1, 0.15) is 0 Å². The van der Waals surface area contributed by atoms with Gasteiger partial charge in [-0.2, -0.15) is 0 Å². The fourth-order valence-corrected chi connectivity index (χ4v) is 3.34. The second-order valence-corrected chi connectivity index (χ2v) is 6.83. The van der Waals surface area contributed by atoms with Gasteiger partial charge < -0.3 is 15.0 Å². The predicted octanol–water partition coefficient (Wildman–Crippen LogP) is 3.55. The third kappa shape index (κ3) is 4.07. The number of carbonyl (C=O) groups is 2. The van der Waals surface area contributed by atoms with Crippen LogP contribution in [0.25, 0.3) is 10.9 Å². The molecular formula is C19H22ClN3O3. The number of hydrogen-bond acceptors (Lipinski definition) is 4. The molecule has 2 aromatic rings. The number of benzene rings is 1. The lowest BCUT2D eigenvalue weighted by molar-refractivity contribution is 0.0859. The summed E-state index contributed by atoms with van der Waals surface area (Å²) >= 11 is 6.04. The number of nitrogens with one attached hydrogen (secondary N) is 1. The zero-order valence-electron chi connectivity index (χ0n) is 14.9. The molecule has 2 heterocycles. The van der Waals surface area contributed by atoms with Crippen LogP contribution in [0.15, 0.2) is 24.3 Å². The summed E-state index contributed by atoms with van der Waals surface area (Å²) in [5, 5.41) is 4.51. The number of amides is 2. The molecule has 1 aliphatic rings. The van der Waals surface area contributed by atoms with Gasteiger partial charge in [0.25, 0.3) is 5.91 Å². The van der Waals surface area contributed by atoms with E-state index in [2.05, 4.69) is 10.3 Å². The van der Waals surface area contributed by atoms with Crippen LogP contribution < -0.4 is 5.32 Å². The standard InChI is InChI=1S/C19H22ClN3O3/c1-3-26-19(25)23-8-6-15(7-9-23)22-18(24)16-11-13-10-14(20)4-5-17(13)21-12(16)2/h4-5,10-11,15H,3,6-9H2,1-2H3,(H,22,24). The number of ether oxygens (including phenoxy) is 1. The number of nitrogens with zero attached hydrogens (tertiary/aromatic N) is 2. The van der Waals surface area contributed by atoms with Crippen LogP contribution in [0.3, 0.4) is 0 Å². The van der Waals surface area contributed by atoms with Crippen LogP contribution in [0.2, 0.25) is 5.02 Å². The summed E-state index contributed by atoms with van der Waals surface area (Å²) < 4.78 is 5.01. The Morgan fingerprint density at radius 3 is 2.73 bits per heavy atom. The smallest absolute Gasteiger partial charge is 0.409 e. The molecule has 1 aromatic carbocycles. The highest BCUT2D eigenvalue weighted by atomic mass is 35.5. The Balaban J connectivity index is 1.66. The molecule has 0 radical (unpaired) electrons. The van der Waals surface area contributed by atoms with Crippen molar-refractivity contribution in [3.63, 3.8) is 0 Å². The number of halogens is 1. The topological polar surface area (TPSA) is 71.5 Å². The molecular weight excluding hydrogens is 354 g/mol. The predicted molar refractivity (Wildman–Crippen MR) is 101 cm³/mol. The molecule has 3 rings (SSSR count). The first-order valence-corrected chi connectivity index (χ1v) is 9.15. The van der Waals surface area contributed by atoms with Crippen LogP contribution >= 0.6 is 11.6 Å². The summed E-state index contributed by atoms with van der Waals surface area (Å²) in [5.41, 5.74) is 2.04. The maximum atomic E-state index is 12.7. The molecule has 1 aromatic heterocycles. The average molecular weight is 376 g/mol. The van der Waals surface area contributed by atoms with E-state index in [1.54, 1.807) is 24.0 Å². The molecule has 26 heavy (non-hydrogen) atoms. The summed E-state index contributed by atoms with van der Waals surface area (Å²) in [6.45, 7) is 5.14. The molecule has 2 amide bonds. The van der Waals surface area contributed by atoms with E-state index >= 15 is 0 Å². The van der Waals surface area contributed by atoms with Crippen molar-refractivity contribution in [3.8, 4) is 0 Å². The normalized spacial score (nSPS) is 15.1. The van der Waals surface area contributed by atoms with Gasteiger partial charge >= 0.3 is 6.09 Å². The van der Waals surface area contributed by atoms with Crippen LogP contribution in [0, 0.1) is 6.92 Å². The Morgan fingerprint density at radius 1 is 1.31 bits per heavy atom. The highest BCUT2D eigenvalue weighted by Crippen LogP contribution is 2.21. The number of aromatic nitrogens is 1. The van der Waals surface area contributed by atoms with Crippen molar-refractivity contribution in [2.45, 2.75) is 32.7 Å². The second kappa shape index (κ2) is 7.91. The molecule has 7 heteroatoms. The number of fused-ring (bicyclic) bond motifs is 1. The minimum atomic E-state index is -0.288. The van der Waals surface area contributed by atoms with Gasteiger partial charge in [0, 0.05) is 29.5 Å². The Labute approximate surface area is 157 Å². The molecule has 0 atom stereocenters. The molecule has 1 saturated heterocycles. The van der Waals surface area contributed by atoms with Gasteiger partial charge in [0.15, 0.2) is 0 Å². The molecule has 1 aliphatic heterocycles. The fourth-order valence-electron chi connectivity index (χ4n) is 3.16. The van der Waals surface area contributed by atoms with E-state index in [0.29, 0.717) is 48.8 Å². The second-order valence-electron chi connectivity index (χ2n) is 6.39. The van der Waals surface area contributed by atoms with Crippen molar-refractivity contribution in [1.29, 1.82) is 0 Å². The highest BCUT2D eigenvalue weighted by molar-refractivity contribution is 6.31. The minimum absolute atomic E-state index is 0.0302. The third-order valence-corrected chi connectivity index (χ3v) is 4.80. The van der Waals surface area contributed by atoms with E-state index in [-0.39, 0.29) is 18.0 Å². The van der Waals surface area contributed by atoms with Gasteiger partial charge in [0.2, 0.25) is 0 Å². The van der Waals surface area contributed by atoms with E-state index in [1.165, 1.54) is 0 Å². The first kappa shape index (κ1) is 18.5. The van der Waals surface area contributed by atoms with Gasteiger partial charge in [-0.05, 0) is 51.0 Å². The maximum Gasteiger partial charge on any atom is 0.409 e. The van der Waals surface area contributed by atoms with Crippen molar-refractivity contribution < 1.29 is 14.3 Å². The monoisotopic (exact) mass is 375 g/mol. The highest BCUT2D eigenvalue weighted by Gasteiger charge is 2.25. The van der Waals surface area contributed by atoms with E-state index in [1.807, 2.05) is 19.1 Å². The van der Waals surface area contributed by atoms with Gasteiger partial charge in [0.05, 0.1) is 23.4 Å². The summed E-state index contributed by atoms with van der Waals surface area (Å²) in [4.78, 5) is 30.6. The molecule has 138 valence electrons. The lowest BCUT2D eigenvalue weighted by Crippen LogP contribution is -2.46. The molecule has 0 aliphatic carbocycles. The maximum absolute atomic E-state index is 12.7. The molecule has 0 saturated carbocycles. The lowest BCUT2D eigenvalue weighted by atomic mass is 10.0. The van der Waals surface area contributed by atoms with Crippen LogP contribution in [0.4, 0.5) is 4.79 Å². The van der Waals surface area contributed by atoms with E-state index in [4.69, 9.17) is 16.3 Å². The van der Waals surface area contributed by atoms with Crippen molar-refractivity contribution in [2.75, 3.05) is 19.7 Å². The first-order valence-electron chi connectivity index (χ1n) is 8.77. The van der Waals surface area contributed by atoms with E-state index in [0.717, 1.165) is 10.9 Å². The average Bonchev–Trinajstić information content (AvgIpc) is 2.62.